The highest BCUT2D eigenvalue weighted by Crippen LogP contribution is 2.24. The van der Waals surface area contributed by atoms with Gasteiger partial charge in [-0.15, -0.1) is 11.3 Å². The predicted octanol–water partition coefficient (Wildman–Crippen LogP) is 4.15. The van der Waals surface area contributed by atoms with Gasteiger partial charge < -0.3 is 5.32 Å². The molecule has 1 heterocycles. The molecular formula is C13H13BrFNS. The van der Waals surface area contributed by atoms with Crippen molar-refractivity contribution in [2.45, 2.75) is 12.5 Å². The number of nitrogens with one attached hydrogen (secondary N) is 1. The first-order chi connectivity index (χ1) is 8.20. The summed E-state index contributed by atoms with van der Waals surface area (Å²) in [6, 6.07) is 9.62. The van der Waals surface area contributed by atoms with Crippen molar-refractivity contribution in [3.63, 3.8) is 0 Å². The zero-order valence-corrected chi connectivity index (χ0v) is 11.8. The first-order valence-corrected chi connectivity index (χ1v) is 7.02. The van der Waals surface area contributed by atoms with Gasteiger partial charge in [-0.1, -0.05) is 12.1 Å². The Hall–Kier alpha value is -0.710. The minimum Gasteiger partial charge on any atom is -0.312 e. The zero-order chi connectivity index (χ0) is 12.3. The molecule has 0 saturated carbocycles. The zero-order valence-electron chi connectivity index (χ0n) is 9.41. The summed E-state index contributed by atoms with van der Waals surface area (Å²) in [6.45, 7) is 0. The SMILES string of the molecule is CNC(Cc1ccc(F)c(Br)c1)c1cccs1. The molecule has 0 amide bonds. The van der Waals surface area contributed by atoms with Crippen molar-refractivity contribution >= 4 is 27.3 Å². The van der Waals surface area contributed by atoms with Gasteiger partial charge in [-0.3, -0.25) is 0 Å². The molecule has 1 atom stereocenters. The van der Waals surface area contributed by atoms with Crippen LogP contribution in [0.15, 0.2) is 40.2 Å². The van der Waals surface area contributed by atoms with Crippen LogP contribution in [-0.4, -0.2) is 7.05 Å². The van der Waals surface area contributed by atoms with Gasteiger partial charge >= 0.3 is 0 Å². The molecule has 1 N–H and O–H groups in total. The van der Waals surface area contributed by atoms with E-state index in [0.717, 1.165) is 12.0 Å². The first kappa shape index (κ1) is 12.7. The standard InChI is InChI=1S/C13H13BrFNS/c1-16-12(13-3-2-6-17-13)8-9-4-5-11(15)10(14)7-9/h2-7,12,16H,8H2,1H3. The van der Waals surface area contributed by atoms with E-state index in [1.807, 2.05) is 25.2 Å². The third-order valence-corrected chi connectivity index (χ3v) is 4.25. The summed E-state index contributed by atoms with van der Waals surface area (Å²) in [6.07, 6.45) is 0.857. The summed E-state index contributed by atoms with van der Waals surface area (Å²) in [5, 5.41) is 5.36. The van der Waals surface area contributed by atoms with E-state index in [-0.39, 0.29) is 11.9 Å². The van der Waals surface area contributed by atoms with Crippen LogP contribution in [0.25, 0.3) is 0 Å². The average molecular weight is 314 g/mol. The molecule has 4 heteroatoms. The number of halogens is 2. The van der Waals surface area contributed by atoms with Crippen LogP contribution < -0.4 is 5.32 Å². The van der Waals surface area contributed by atoms with E-state index in [9.17, 15) is 4.39 Å². The Kier molecular flexibility index (Phi) is 4.31. The van der Waals surface area contributed by atoms with Gasteiger partial charge in [0.05, 0.1) is 4.47 Å². The van der Waals surface area contributed by atoms with Crippen molar-refractivity contribution in [2.24, 2.45) is 0 Å². The lowest BCUT2D eigenvalue weighted by Crippen LogP contribution is -2.17. The molecule has 1 aromatic carbocycles. The van der Waals surface area contributed by atoms with Crippen LogP contribution in [0.4, 0.5) is 4.39 Å². The van der Waals surface area contributed by atoms with Crippen LogP contribution in [0.3, 0.4) is 0 Å². The van der Waals surface area contributed by atoms with Crippen molar-refractivity contribution < 1.29 is 4.39 Å². The highest BCUT2D eigenvalue weighted by Gasteiger charge is 2.11. The molecule has 1 nitrogen and oxygen atoms in total. The number of thiophene rings is 1. The maximum absolute atomic E-state index is 13.1. The average Bonchev–Trinajstić information content (AvgIpc) is 2.84. The second kappa shape index (κ2) is 5.76. The third-order valence-electron chi connectivity index (χ3n) is 2.66. The molecule has 0 bridgehead atoms. The highest BCUT2D eigenvalue weighted by atomic mass is 79.9. The van der Waals surface area contributed by atoms with Crippen molar-refractivity contribution in [2.75, 3.05) is 7.05 Å². The molecule has 2 aromatic rings. The topological polar surface area (TPSA) is 12.0 Å². The van der Waals surface area contributed by atoms with Crippen molar-refractivity contribution in [1.29, 1.82) is 0 Å². The molecule has 0 fully saturated rings. The summed E-state index contributed by atoms with van der Waals surface area (Å²) < 4.78 is 13.7. The Morgan fingerprint density at radius 2 is 2.24 bits per heavy atom. The number of benzene rings is 1. The van der Waals surface area contributed by atoms with E-state index in [1.54, 1.807) is 11.3 Å². The molecule has 0 aliphatic heterocycles. The van der Waals surface area contributed by atoms with Gasteiger partial charge in [0.2, 0.25) is 0 Å². The molecule has 17 heavy (non-hydrogen) atoms. The fourth-order valence-electron chi connectivity index (χ4n) is 1.74. The van der Waals surface area contributed by atoms with Gasteiger partial charge in [0, 0.05) is 10.9 Å². The van der Waals surface area contributed by atoms with Crippen LogP contribution in [0, 0.1) is 5.82 Å². The number of likely N-dealkylation sites (N-methyl/N-ethyl adjacent to an activating group) is 1. The second-order valence-corrected chi connectivity index (χ2v) is 5.64. The first-order valence-electron chi connectivity index (χ1n) is 5.35. The van der Waals surface area contributed by atoms with Crippen LogP contribution in [0.5, 0.6) is 0 Å². The van der Waals surface area contributed by atoms with Crippen LogP contribution in [0.1, 0.15) is 16.5 Å². The predicted molar refractivity (Wildman–Crippen MR) is 73.9 cm³/mol. The Morgan fingerprint density at radius 3 is 2.82 bits per heavy atom. The van der Waals surface area contributed by atoms with E-state index in [4.69, 9.17) is 0 Å². The summed E-state index contributed by atoms with van der Waals surface area (Å²) in [4.78, 5) is 1.30. The second-order valence-electron chi connectivity index (χ2n) is 3.81. The normalized spacial score (nSPS) is 12.6. The number of hydrogen-bond acceptors (Lipinski definition) is 2. The Bertz CT molecular complexity index is 484. The molecule has 0 spiro atoms. The lowest BCUT2D eigenvalue weighted by Gasteiger charge is -2.14. The van der Waals surface area contributed by atoms with Crippen molar-refractivity contribution in [1.82, 2.24) is 5.32 Å². The van der Waals surface area contributed by atoms with Gasteiger partial charge in [0.15, 0.2) is 0 Å². The Morgan fingerprint density at radius 1 is 1.41 bits per heavy atom. The van der Waals surface area contributed by atoms with Crippen LogP contribution in [0.2, 0.25) is 0 Å². The van der Waals surface area contributed by atoms with Gasteiger partial charge in [-0.25, -0.2) is 4.39 Å². The summed E-state index contributed by atoms with van der Waals surface area (Å²) in [7, 11) is 1.95. The minimum atomic E-state index is -0.217. The molecular weight excluding hydrogens is 301 g/mol. The fourth-order valence-corrected chi connectivity index (χ4v) is 3.00. The molecule has 0 aliphatic carbocycles. The highest BCUT2D eigenvalue weighted by molar-refractivity contribution is 9.10. The summed E-state index contributed by atoms with van der Waals surface area (Å²) in [5.41, 5.74) is 1.12. The molecule has 1 unspecified atom stereocenters. The molecule has 2 rings (SSSR count). The number of hydrogen-bond donors (Lipinski definition) is 1. The van der Waals surface area contributed by atoms with Crippen LogP contribution in [-0.2, 0) is 6.42 Å². The van der Waals surface area contributed by atoms with E-state index < -0.39 is 0 Å². The molecule has 0 radical (unpaired) electrons. The Labute approximate surface area is 113 Å². The summed E-state index contributed by atoms with van der Waals surface area (Å²) in [5.74, 6) is -0.217. The van der Waals surface area contributed by atoms with Gasteiger partial charge in [-0.05, 0) is 58.5 Å². The lowest BCUT2D eigenvalue weighted by atomic mass is 10.0. The monoisotopic (exact) mass is 313 g/mol. The Balaban J connectivity index is 2.16. The quantitative estimate of drug-likeness (QED) is 0.894. The maximum Gasteiger partial charge on any atom is 0.137 e. The maximum atomic E-state index is 13.1. The van der Waals surface area contributed by atoms with E-state index in [1.165, 1.54) is 10.9 Å². The smallest absolute Gasteiger partial charge is 0.137 e. The minimum absolute atomic E-state index is 0.217. The van der Waals surface area contributed by atoms with Crippen molar-refractivity contribution in [3.05, 3.63) is 56.4 Å². The van der Waals surface area contributed by atoms with Crippen molar-refractivity contribution in [3.8, 4) is 0 Å². The largest absolute Gasteiger partial charge is 0.312 e. The van der Waals surface area contributed by atoms with E-state index in [0.29, 0.717) is 4.47 Å². The fraction of sp³-hybridized carbons (Fsp3) is 0.231. The van der Waals surface area contributed by atoms with E-state index in [2.05, 4.69) is 32.7 Å². The third kappa shape index (κ3) is 3.15. The molecule has 90 valence electrons. The molecule has 0 saturated heterocycles. The van der Waals surface area contributed by atoms with Gasteiger partial charge in [-0.2, -0.15) is 0 Å². The van der Waals surface area contributed by atoms with Gasteiger partial charge in [0.1, 0.15) is 5.82 Å². The lowest BCUT2D eigenvalue weighted by molar-refractivity contribution is 0.596. The van der Waals surface area contributed by atoms with E-state index >= 15 is 0 Å². The number of rotatable bonds is 4. The summed E-state index contributed by atoms with van der Waals surface area (Å²) >= 11 is 4.95. The molecule has 1 aromatic heterocycles. The molecule has 0 aliphatic rings. The van der Waals surface area contributed by atoms with Gasteiger partial charge in [0.25, 0.3) is 0 Å². The van der Waals surface area contributed by atoms with Crippen LogP contribution >= 0.6 is 27.3 Å².